The molecule has 0 radical (unpaired) electrons. The first-order chi connectivity index (χ1) is 22.2. The van der Waals surface area contributed by atoms with Crippen LogP contribution in [0.25, 0.3) is 17.0 Å². The number of benzene rings is 3. The summed E-state index contributed by atoms with van der Waals surface area (Å²) in [6, 6.07) is 17.9. The third-order valence-electron chi connectivity index (χ3n) is 7.82. The molecule has 46 heavy (non-hydrogen) atoms. The number of hydrogen-bond donors (Lipinski definition) is 0. The van der Waals surface area contributed by atoms with E-state index in [-0.39, 0.29) is 12.2 Å². The van der Waals surface area contributed by atoms with Gasteiger partial charge in [-0.15, -0.1) is 0 Å². The number of para-hydroxylation sites is 1. The van der Waals surface area contributed by atoms with Crippen molar-refractivity contribution in [2.75, 3.05) is 13.7 Å². The standard InChI is InChI=1S/C35H30Cl3N3O4S/c1-4-8-27-31(34(43)45-5-2)32(24-17-22(36)12-14-29(24)44-3)41-33(42)30(46-35(41)39-27)16-21-19-40(28-10-7-6-9-23(21)28)18-20-11-13-25(37)26(38)15-20/h6-7,9-17,19,32H,4-5,8,18H2,1-3H3/b30-16+/t32-/m1/s1. The summed E-state index contributed by atoms with van der Waals surface area (Å²) < 4.78 is 15.4. The normalized spacial score (nSPS) is 14.8. The first-order valence-electron chi connectivity index (χ1n) is 14.8. The quantitative estimate of drug-likeness (QED) is 0.149. The van der Waals surface area contributed by atoms with Crippen molar-refractivity contribution >= 4 is 69.1 Å². The number of halogens is 3. The molecule has 236 valence electrons. The van der Waals surface area contributed by atoms with E-state index in [4.69, 9.17) is 49.3 Å². The minimum Gasteiger partial charge on any atom is -0.496 e. The van der Waals surface area contributed by atoms with Gasteiger partial charge in [-0.25, -0.2) is 9.79 Å². The molecule has 3 heterocycles. The number of methoxy groups -OCH3 is 1. The number of carbonyl (C=O) groups excluding carboxylic acids is 1. The van der Waals surface area contributed by atoms with Crippen molar-refractivity contribution in [2.45, 2.75) is 39.3 Å². The number of aromatic nitrogens is 2. The zero-order valence-electron chi connectivity index (χ0n) is 25.4. The third-order valence-corrected chi connectivity index (χ3v) is 9.78. The number of esters is 1. The highest BCUT2D eigenvalue weighted by Crippen LogP contribution is 2.38. The van der Waals surface area contributed by atoms with Gasteiger partial charge in [0.2, 0.25) is 0 Å². The first kappa shape index (κ1) is 32.1. The molecule has 6 rings (SSSR count). The molecular weight excluding hydrogens is 665 g/mol. The SMILES string of the molecule is CCCC1=C(C(=O)OCC)[C@@H](c2cc(Cl)ccc2OC)n2c(s/c(=C/c3cn(Cc4ccc(Cl)c(Cl)c4)c4ccccc34)c2=O)=N1. The van der Waals surface area contributed by atoms with Crippen LogP contribution in [0, 0.1) is 0 Å². The highest BCUT2D eigenvalue weighted by molar-refractivity contribution is 7.07. The molecule has 0 spiro atoms. The number of thiazole rings is 1. The molecule has 1 atom stereocenters. The second-order valence-corrected chi connectivity index (χ2v) is 13.0. The lowest BCUT2D eigenvalue weighted by Gasteiger charge is -2.27. The van der Waals surface area contributed by atoms with Crippen LogP contribution in [0.2, 0.25) is 15.1 Å². The molecule has 1 aliphatic heterocycles. The van der Waals surface area contributed by atoms with E-state index < -0.39 is 12.0 Å². The lowest BCUT2D eigenvalue weighted by molar-refractivity contribution is -0.139. The van der Waals surface area contributed by atoms with Gasteiger partial charge in [0.15, 0.2) is 4.80 Å². The second kappa shape index (κ2) is 13.5. The van der Waals surface area contributed by atoms with Crippen molar-refractivity contribution in [3.05, 3.63) is 130 Å². The van der Waals surface area contributed by atoms with Gasteiger partial charge in [0.05, 0.1) is 39.6 Å². The highest BCUT2D eigenvalue weighted by atomic mass is 35.5. The molecule has 5 aromatic rings. The molecule has 0 N–H and O–H groups in total. The van der Waals surface area contributed by atoms with E-state index in [1.807, 2.05) is 55.6 Å². The van der Waals surface area contributed by atoms with Crippen molar-refractivity contribution in [3.63, 3.8) is 0 Å². The Kier molecular flexibility index (Phi) is 9.43. The van der Waals surface area contributed by atoms with Crippen LogP contribution in [-0.2, 0) is 16.1 Å². The fourth-order valence-electron chi connectivity index (χ4n) is 5.83. The van der Waals surface area contributed by atoms with Crippen LogP contribution >= 0.6 is 46.1 Å². The highest BCUT2D eigenvalue weighted by Gasteiger charge is 2.36. The maximum Gasteiger partial charge on any atom is 0.338 e. The Bertz CT molecular complexity index is 2200. The predicted octanol–water partition coefficient (Wildman–Crippen LogP) is 7.55. The fraction of sp³-hybridized carbons (Fsp3) is 0.229. The third kappa shape index (κ3) is 6.02. The van der Waals surface area contributed by atoms with E-state index in [1.54, 1.807) is 42.9 Å². The number of hydrogen-bond acceptors (Lipinski definition) is 6. The van der Waals surface area contributed by atoms with Gasteiger partial charge in [-0.3, -0.25) is 9.36 Å². The van der Waals surface area contributed by atoms with Gasteiger partial charge >= 0.3 is 5.97 Å². The summed E-state index contributed by atoms with van der Waals surface area (Å²) >= 11 is 20.2. The Labute approximate surface area is 284 Å². The summed E-state index contributed by atoms with van der Waals surface area (Å²) in [4.78, 5) is 33.3. The van der Waals surface area contributed by atoms with Gasteiger partial charge in [-0.1, -0.05) is 83.7 Å². The second-order valence-electron chi connectivity index (χ2n) is 10.8. The Morgan fingerprint density at radius 2 is 1.85 bits per heavy atom. The Morgan fingerprint density at radius 3 is 2.59 bits per heavy atom. The van der Waals surface area contributed by atoms with Gasteiger partial charge < -0.3 is 14.0 Å². The maximum absolute atomic E-state index is 14.4. The van der Waals surface area contributed by atoms with Gasteiger partial charge in [0.1, 0.15) is 11.8 Å². The van der Waals surface area contributed by atoms with Crippen LogP contribution in [-0.4, -0.2) is 28.8 Å². The molecule has 0 bridgehead atoms. The summed E-state index contributed by atoms with van der Waals surface area (Å²) in [5.74, 6) is -0.0321. The number of nitrogens with zero attached hydrogens (tertiary/aromatic N) is 3. The Balaban J connectivity index is 1.56. The van der Waals surface area contributed by atoms with Crippen LogP contribution in [0.1, 0.15) is 49.4 Å². The van der Waals surface area contributed by atoms with Crippen molar-refractivity contribution in [1.29, 1.82) is 0 Å². The van der Waals surface area contributed by atoms with Gasteiger partial charge in [0, 0.05) is 39.8 Å². The summed E-state index contributed by atoms with van der Waals surface area (Å²) in [6.45, 7) is 4.51. The van der Waals surface area contributed by atoms with E-state index >= 15 is 0 Å². The Morgan fingerprint density at radius 1 is 1.04 bits per heavy atom. The first-order valence-corrected chi connectivity index (χ1v) is 16.8. The van der Waals surface area contributed by atoms with Crippen molar-refractivity contribution < 1.29 is 14.3 Å². The largest absolute Gasteiger partial charge is 0.496 e. The lowest BCUT2D eigenvalue weighted by Crippen LogP contribution is -2.40. The van der Waals surface area contributed by atoms with Crippen molar-refractivity contribution in [2.24, 2.45) is 4.99 Å². The smallest absolute Gasteiger partial charge is 0.338 e. The number of allylic oxidation sites excluding steroid dienone is 1. The van der Waals surface area contributed by atoms with Gasteiger partial charge in [-0.2, -0.15) is 0 Å². The molecule has 0 saturated heterocycles. The van der Waals surface area contributed by atoms with E-state index in [9.17, 15) is 9.59 Å². The molecular formula is C35H30Cl3N3O4S. The van der Waals surface area contributed by atoms with E-state index in [0.29, 0.717) is 60.0 Å². The molecule has 0 unspecified atom stereocenters. The topological polar surface area (TPSA) is 74.8 Å². The molecule has 0 fully saturated rings. The van der Waals surface area contributed by atoms with Gasteiger partial charge in [-0.05, 0) is 61.4 Å². The number of carbonyl (C=O) groups is 1. The molecule has 3 aromatic carbocycles. The van der Waals surface area contributed by atoms with E-state index in [0.717, 1.165) is 28.5 Å². The van der Waals surface area contributed by atoms with Crippen LogP contribution in [0.5, 0.6) is 5.75 Å². The van der Waals surface area contributed by atoms with Crippen LogP contribution < -0.4 is 19.6 Å². The Hall–Kier alpha value is -3.82. The lowest BCUT2D eigenvalue weighted by atomic mass is 9.93. The van der Waals surface area contributed by atoms with E-state index in [1.165, 1.54) is 11.3 Å². The zero-order chi connectivity index (χ0) is 32.5. The van der Waals surface area contributed by atoms with Gasteiger partial charge in [0.25, 0.3) is 5.56 Å². The molecule has 11 heteroatoms. The number of fused-ring (bicyclic) bond motifs is 2. The minimum absolute atomic E-state index is 0.178. The zero-order valence-corrected chi connectivity index (χ0v) is 28.4. The molecule has 0 saturated carbocycles. The summed E-state index contributed by atoms with van der Waals surface area (Å²) in [7, 11) is 1.55. The summed E-state index contributed by atoms with van der Waals surface area (Å²) in [5, 5.41) is 2.43. The van der Waals surface area contributed by atoms with E-state index in [2.05, 4.69) is 4.57 Å². The average molecular weight is 695 g/mol. The molecule has 0 amide bonds. The fourth-order valence-corrected chi connectivity index (χ4v) is 7.34. The van der Waals surface area contributed by atoms with Crippen LogP contribution in [0.15, 0.2) is 87.9 Å². The van der Waals surface area contributed by atoms with Crippen LogP contribution in [0.4, 0.5) is 0 Å². The van der Waals surface area contributed by atoms with Crippen molar-refractivity contribution in [1.82, 2.24) is 9.13 Å². The van der Waals surface area contributed by atoms with Crippen LogP contribution in [0.3, 0.4) is 0 Å². The minimum atomic E-state index is -0.844. The maximum atomic E-state index is 14.4. The molecule has 1 aliphatic rings. The number of rotatable bonds is 9. The predicted molar refractivity (Wildman–Crippen MR) is 185 cm³/mol. The molecule has 0 aliphatic carbocycles. The van der Waals surface area contributed by atoms with Crippen molar-refractivity contribution in [3.8, 4) is 5.75 Å². The monoisotopic (exact) mass is 693 g/mol. The average Bonchev–Trinajstić information content (AvgIpc) is 3.54. The number of ether oxygens (including phenoxy) is 2. The summed E-state index contributed by atoms with van der Waals surface area (Å²) in [5.41, 5.74) is 4.05. The molecule has 7 nitrogen and oxygen atoms in total. The summed E-state index contributed by atoms with van der Waals surface area (Å²) in [6.07, 6.45) is 5.18. The molecule has 2 aromatic heterocycles.